The van der Waals surface area contributed by atoms with Gasteiger partial charge in [0.15, 0.2) is 0 Å². The number of nitro groups is 1. The van der Waals surface area contributed by atoms with Crippen molar-refractivity contribution in [2.24, 2.45) is 0 Å². The number of rotatable bonds is 8. The molecule has 0 aromatic heterocycles. The number of benzene rings is 1. The second-order valence-corrected chi connectivity index (χ2v) is 5.35. The highest BCUT2D eigenvalue weighted by molar-refractivity contribution is 7.98. The lowest BCUT2D eigenvalue weighted by Gasteiger charge is -2.13. The van der Waals surface area contributed by atoms with E-state index in [9.17, 15) is 10.1 Å². The van der Waals surface area contributed by atoms with E-state index in [4.69, 9.17) is 4.74 Å². The van der Waals surface area contributed by atoms with Gasteiger partial charge in [0, 0.05) is 18.7 Å². The number of non-ortho nitro benzene ring substituents is 1. The number of nitro benzene ring substituents is 1. The van der Waals surface area contributed by atoms with Crippen LogP contribution in [-0.2, 0) is 6.54 Å². The highest BCUT2D eigenvalue weighted by Crippen LogP contribution is 2.22. The molecule has 0 aliphatic carbocycles. The Labute approximate surface area is 117 Å². The average Bonchev–Trinajstić information content (AvgIpc) is 2.42. The van der Waals surface area contributed by atoms with Crippen LogP contribution in [0.5, 0.6) is 5.75 Å². The van der Waals surface area contributed by atoms with Crippen molar-refractivity contribution in [3.8, 4) is 5.75 Å². The summed E-state index contributed by atoms with van der Waals surface area (Å²) in [5.74, 6) is 1.62. The number of thioether (sulfide) groups is 1. The van der Waals surface area contributed by atoms with Gasteiger partial charge < -0.3 is 10.1 Å². The average molecular weight is 284 g/mol. The second kappa shape index (κ2) is 8.01. The SMILES string of the molecule is COc1cc(CNC(C)CCSC)cc([N+](=O)[O-])c1. The van der Waals surface area contributed by atoms with Crippen molar-refractivity contribution >= 4 is 17.4 Å². The molecule has 1 unspecified atom stereocenters. The Morgan fingerprint density at radius 2 is 2.21 bits per heavy atom. The van der Waals surface area contributed by atoms with Gasteiger partial charge in [0.2, 0.25) is 0 Å². The Hall–Kier alpha value is -1.27. The number of ether oxygens (including phenoxy) is 1. The summed E-state index contributed by atoms with van der Waals surface area (Å²) in [6, 6.07) is 5.22. The number of methoxy groups -OCH3 is 1. The molecule has 0 aliphatic heterocycles. The number of hydrogen-bond acceptors (Lipinski definition) is 5. The van der Waals surface area contributed by atoms with Crippen LogP contribution in [0, 0.1) is 10.1 Å². The molecule has 0 saturated carbocycles. The minimum Gasteiger partial charge on any atom is -0.496 e. The van der Waals surface area contributed by atoms with Crippen LogP contribution in [0.3, 0.4) is 0 Å². The van der Waals surface area contributed by atoms with Gasteiger partial charge >= 0.3 is 0 Å². The molecule has 0 spiro atoms. The molecule has 6 heteroatoms. The van der Waals surface area contributed by atoms with Crippen LogP contribution >= 0.6 is 11.8 Å². The lowest BCUT2D eigenvalue weighted by molar-refractivity contribution is -0.385. The van der Waals surface area contributed by atoms with Gasteiger partial charge in [-0.15, -0.1) is 0 Å². The maximum Gasteiger partial charge on any atom is 0.273 e. The molecule has 0 aliphatic rings. The van der Waals surface area contributed by atoms with Crippen LogP contribution in [0.25, 0.3) is 0 Å². The van der Waals surface area contributed by atoms with Crippen molar-refractivity contribution in [2.45, 2.75) is 25.9 Å². The lowest BCUT2D eigenvalue weighted by Crippen LogP contribution is -2.26. The van der Waals surface area contributed by atoms with E-state index in [0.717, 1.165) is 17.7 Å². The molecule has 1 aromatic rings. The van der Waals surface area contributed by atoms with Crippen molar-refractivity contribution < 1.29 is 9.66 Å². The van der Waals surface area contributed by atoms with Gasteiger partial charge in [-0.1, -0.05) is 0 Å². The third-order valence-corrected chi connectivity index (χ3v) is 3.45. The molecule has 0 bridgehead atoms. The minimum absolute atomic E-state index is 0.0629. The smallest absolute Gasteiger partial charge is 0.273 e. The molecule has 1 N–H and O–H groups in total. The summed E-state index contributed by atoms with van der Waals surface area (Å²) in [7, 11) is 1.51. The number of nitrogens with one attached hydrogen (secondary N) is 1. The molecular weight excluding hydrogens is 264 g/mol. The van der Waals surface area contributed by atoms with Crippen LogP contribution in [0.1, 0.15) is 18.9 Å². The maximum absolute atomic E-state index is 10.8. The predicted molar refractivity (Wildman–Crippen MR) is 78.9 cm³/mol. The van der Waals surface area contributed by atoms with Gasteiger partial charge in [-0.2, -0.15) is 11.8 Å². The highest BCUT2D eigenvalue weighted by Gasteiger charge is 2.10. The highest BCUT2D eigenvalue weighted by atomic mass is 32.2. The Morgan fingerprint density at radius 1 is 1.47 bits per heavy atom. The Morgan fingerprint density at radius 3 is 2.79 bits per heavy atom. The van der Waals surface area contributed by atoms with Crippen LogP contribution in [0.15, 0.2) is 18.2 Å². The summed E-state index contributed by atoms with van der Waals surface area (Å²) in [6.45, 7) is 2.72. The van der Waals surface area contributed by atoms with Crippen molar-refractivity contribution in [1.82, 2.24) is 5.32 Å². The van der Waals surface area contributed by atoms with E-state index in [1.54, 1.807) is 6.07 Å². The van der Waals surface area contributed by atoms with E-state index in [1.165, 1.54) is 13.2 Å². The van der Waals surface area contributed by atoms with Crippen LogP contribution in [-0.4, -0.2) is 30.1 Å². The summed E-state index contributed by atoms with van der Waals surface area (Å²) in [5, 5.41) is 14.2. The monoisotopic (exact) mass is 284 g/mol. The molecule has 1 aromatic carbocycles. The normalized spacial score (nSPS) is 12.2. The summed E-state index contributed by atoms with van der Waals surface area (Å²) >= 11 is 1.81. The van der Waals surface area contributed by atoms with Crippen molar-refractivity contribution in [2.75, 3.05) is 19.1 Å². The zero-order chi connectivity index (χ0) is 14.3. The Balaban J connectivity index is 2.66. The third-order valence-electron chi connectivity index (χ3n) is 2.81. The Kier molecular flexibility index (Phi) is 6.66. The van der Waals surface area contributed by atoms with Gasteiger partial charge in [0.05, 0.1) is 18.1 Å². The van der Waals surface area contributed by atoms with Crippen LogP contribution < -0.4 is 10.1 Å². The maximum atomic E-state index is 10.8. The minimum atomic E-state index is -0.400. The van der Waals surface area contributed by atoms with Crippen molar-refractivity contribution in [1.29, 1.82) is 0 Å². The van der Waals surface area contributed by atoms with Gasteiger partial charge in [-0.05, 0) is 37.0 Å². The first-order chi connectivity index (χ1) is 9.06. The van der Waals surface area contributed by atoms with Crippen molar-refractivity contribution in [3.05, 3.63) is 33.9 Å². The van der Waals surface area contributed by atoms with Gasteiger partial charge in [0.25, 0.3) is 5.69 Å². The molecule has 5 nitrogen and oxygen atoms in total. The predicted octanol–water partition coefficient (Wildman–Crippen LogP) is 2.83. The molecular formula is C13H20N2O3S. The van der Waals surface area contributed by atoms with E-state index >= 15 is 0 Å². The van der Waals surface area contributed by atoms with Gasteiger partial charge in [0.1, 0.15) is 5.75 Å². The van der Waals surface area contributed by atoms with Crippen LogP contribution in [0.2, 0.25) is 0 Å². The largest absolute Gasteiger partial charge is 0.496 e. The lowest BCUT2D eigenvalue weighted by atomic mass is 10.1. The fourth-order valence-electron chi connectivity index (χ4n) is 1.66. The topological polar surface area (TPSA) is 64.4 Å². The molecule has 0 heterocycles. The fourth-order valence-corrected chi connectivity index (χ4v) is 2.25. The number of hydrogen-bond donors (Lipinski definition) is 1. The van der Waals surface area contributed by atoms with E-state index in [1.807, 2.05) is 17.8 Å². The van der Waals surface area contributed by atoms with E-state index in [-0.39, 0.29) is 5.69 Å². The molecule has 106 valence electrons. The number of nitrogens with zero attached hydrogens (tertiary/aromatic N) is 1. The molecule has 0 amide bonds. The fraction of sp³-hybridized carbons (Fsp3) is 0.538. The molecule has 1 rings (SSSR count). The van der Waals surface area contributed by atoms with E-state index in [0.29, 0.717) is 18.3 Å². The van der Waals surface area contributed by atoms with Gasteiger partial charge in [-0.3, -0.25) is 10.1 Å². The first-order valence-corrected chi connectivity index (χ1v) is 7.51. The zero-order valence-electron chi connectivity index (χ0n) is 11.5. The quantitative estimate of drug-likeness (QED) is 0.587. The third kappa shape index (κ3) is 5.48. The van der Waals surface area contributed by atoms with E-state index < -0.39 is 4.92 Å². The second-order valence-electron chi connectivity index (χ2n) is 4.36. The molecule has 19 heavy (non-hydrogen) atoms. The Bertz CT molecular complexity index is 426. The van der Waals surface area contributed by atoms with Crippen molar-refractivity contribution in [3.63, 3.8) is 0 Å². The summed E-state index contributed by atoms with van der Waals surface area (Å²) in [4.78, 5) is 10.4. The standard InChI is InChI=1S/C13H20N2O3S/c1-10(4-5-19-3)14-9-11-6-12(15(16)17)8-13(7-11)18-2/h6-8,10,14H,4-5,9H2,1-3H3. The zero-order valence-corrected chi connectivity index (χ0v) is 12.3. The summed E-state index contributed by atoms with van der Waals surface area (Å²) in [5.41, 5.74) is 0.926. The summed E-state index contributed by atoms with van der Waals surface area (Å²) < 4.78 is 5.08. The van der Waals surface area contributed by atoms with Gasteiger partial charge in [-0.25, -0.2) is 0 Å². The molecule has 0 radical (unpaired) electrons. The first kappa shape index (κ1) is 15.8. The summed E-state index contributed by atoms with van der Waals surface area (Å²) in [6.07, 6.45) is 3.16. The molecule has 0 saturated heterocycles. The first-order valence-electron chi connectivity index (χ1n) is 6.11. The van der Waals surface area contributed by atoms with Crippen LogP contribution in [0.4, 0.5) is 5.69 Å². The molecule has 1 atom stereocenters. The molecule has 0 fully saturated rings. The van der Waals surface area contributed by atoms with E-state index in [2.05, 4.69) is 18.5 Å².